The van der Waals surface area contributed by atoms with Crippen LogP contribution in [0.4, 0.5) is 0 Å². The zero-order valence-corrected chi connectivity index (χ0v) is 12.5. The van der Waals surface area contributed by atoms with Gasteiger partial charge in [-0.15, -0.1) is 11.3 Å². The van der Waals surface area contributed by atoms with Crippen LogP contribution in [0, 0.1) is 6.92 Å². The first-order valence-corrected chi connectivity index (χ1v) is 8.05. The molecule has 0 aromatic carbocycles. The van der Waals surface area contributed by atoms with Crippen LogP contribution in [0.15, 0.2) is 5.38 Å². The minimum Gasteiger partial charge on any atom is -0.376 e. The van der Waals surface area contributed by atoms with E-state index >= 15 is 0 Å². The molecule has 5 nitrogen and oxygen atoms in total. The van der Waals surface area contributed by atoms with E-state index in [4.69, 9.17) is 9.47 Å². The molecule has 0 bridgehead atoms. The van der Waals surface area contributed by atoms with Crippen LogP contribution < -0.4 is 0 Å². The van der Waals surface area contributed by atoms with Crippen LogP contribution in [0.1, 0.15) is 36.0 Å². The van der Waals surface area contributed by atoms with E-state index in [1.807, 2.05) is 17.2 Å². The molecule has 1 aromatic rings. The number of amides is 1. The number of aromatic nitrogens is 1. The Morgan fingerprint density at radius 1 is 1.45 bits per heavy atom. The number of likely N-dealkylation sites (tertiary alicyclic amines) is 1. The van der Waals surface area contributed by atoms with Crippen molar-refractivity contribution in [3.05, 3.63) is 16.1 Å². The quantitative estimate of drug-likeness (QED) is 0.836. The molecule has 0 aliphatic carbocycles. The van der Waals surface area contributed by atoms with E-state index in [2.05, 4.69) is 4.98 Å². The lowest BCUT2D eigenvalue weighted by atomic mass is 10.0. The zero-order valence-electron chi connectivity index (χ0n) is 11.7. The van der Waals surface area contributed by atoms with Gasteiger partial charge in [0.1, 0.15) is 5.01 Å². The van der Waals surface area contributed by atoms with Gasteiger partial charge in [0.15, 0.2) is 6.10 Å². The molecule has 0 spiro atoms. The number of nitrogens with zero attached hydrogens (tertiary/aromatic N) is 2. The Morgan fingerprint density at radius 3 is 3.05 bits per heavy atom. The minimum atomic E-state index is -0.439. The standard InChI is InChI=1S/C14H20N2O3S/c1-10-9-20-13(15-10)11-4-2-3-5-16(11)14(17)12-8-18-6-7-19-12/h9,11-12H,2-8H2,1H3/t11-,12+/m1/s1. The summed E-state index contributed by atoms with van der Waals surface area (Å²) in [7, 11) is 0. The number of hydrogen-bond donors (Lipinski definition) is 0. The molecule has 20 heavy (non-hydrogen) atoms. The molecule has 0 radical (unpaired) electrons. The Kier molecular flexibility index (Phi) is 4.33. The van der Waals surface area contributed by atoms with E-state index in [0.29, 0.717) is 19.8 Å². The van der Waals surface area contributed by atoms with Crippen LogP contribution in [-0.4, -0.2) is 48.3 Å². The fourth-order valence-electron chi connectivity index (χ4n) is 2.79. The van der Waals surface area contributed by atoms with Crippen molar-refractivity contribution in [1.82, 2.24) is 9.88 Å². The molecule has 1 amide bonds. The summed E-state index contributed by atoms with van der Waals surface area (Å²) in [5, 5.41) is 3.10. The highest BCUT2D eigenvalue weighted by atomic mass is 32.1. The fraction of sp³-hybridized carbons (Fsp3) is 0.714. The molecule has 110 valence electrons. The molecule has 2 aliphatic heterocycles. The van der Waals surface area contributed by atoms with Gasteiger partial charge in [0.2, 0.25) is 0 Å². The highest BCUT2D eigenvalue weighted by molar-refractivity contribution is 7.09. The van der Waals surface area contributed by atoms with Crippen molar-refractivity contribution in [2.24, 2.45) is 0 Å². The van der Waals surface area contributed by atoms with E-state index in [1.54, 1.807) is 11.3 Å². The smallest absolute Gasteiger partial charge is 0.254 e. The summed E-state index contributed by atoms with van der Waals surface area (Å²) >= 11 is 1.65. The fourth-order valence-corrected chi connectivity index (χ4v) is 3.74. The number of aryl methyl sites for hydroxylation is 1. The first-order chi connectivity index (χ1) is 9.75. The molecular weight excluding hydrogens is 276 g/mol. The normalized spacial score (nSPS) is 27.6. The first kappa shape index (κ1) is 14.0. The molecule has 6 heteroatoms. The second-order valence-electron chi connectivity index (χ2n) is 5.30. The van der Waals surface area contributed by atoms with Crippen LogP contribution in [-0.2, 0) is 14.3 Å². The molecule has 3 heterocycles. The zero-order chi connectivity index (χ0) is 13.9. The Labute approximate surface area is 122 Å². The first-order valence-electron chi connectivity index (χ1n) is 7.17. The average molecular weight is 296 g/mol. The SMILES string of the molecule is Cc1csc([C@H]2CCCCN2C(=O)[C@@H]2COCCO2)n1. The van der Waals surface area contributed by atoms with E-state index in [1.165, 1.54) is 0 Å². The second kappa shape index (κ2) is 6.20. The molecule has 0 N–H and O–H groups in total. The van der Waals surface area contributed by atoms with Crippen LogP contribution in [0.3, 0.4) is 0 Å². The van der Waals surface area contributed by atoms with Crippen molar-refractivity contribution in [3.8, 4) is 0 Å². The van der Waals surface area contributed by atoms with E-state index in [9.17, 15) is 4.79 Å². The third-order valence-electron chi connectivity index (χ3n) is 3.80. The van der Waals surface area contributed by atoms with Gasteiger partial charge in [0.05, 0.1) is 25.9 Å². The maximum absolute atomic E-state index is 12.6. The Hall–Kier alpha value is -0.980. The Balaban J connectivity index is 1.76. The van der Waals surface area contributed by atoms with Crippen molar-refractivity contribution >= 4 is 17.2 Å². The van der Waals surface area contributed by atoms with Crippen molar-refractivity contribution in [3.63, 3.8) is 0 Å². The van der Waals surface area contributed by atoms with Gasteiger partial charge in [0, 0.05) is 17.6 Å². The predicted molar refractivity (Wildman–Crippen MR) is 75.7 cm³/mol. The summed E-state index contributed by atoms with van der Waals surface area (Å²) < 4.78 is 10.9. The molecule has 2 aliphatic rings. The van der Waals surface area contributed by atoms with Gasteiger partial charge in [-0.2, -0.15) is 0 Å². The van der Waals surface area contributed by atoms with Crippen molar-refractivity contribution in [2.45, 2.75) is 38.3 Å². The largest absolute Gasteiger partial charge is 0.376 e. The molecule has 2 saturated heterocycles. The number of carbonyl (C=O) groups is 1. The van der Waals surface area contributed by atoms with E-state index < -0.39 is 6.10 Å². The van der Waals surface area contributed by atoms with Crippen LogP contribution in [0.5, 0.6) is 0 Å². The predicted octanol–water partition coefficient (Wildman–Crippen LogP) is 1.92. The number of thiazole rings is 1. The highest BCUT2D eigenvalue weighted by Gasteiger charge is 2.35. The molecule has 0 saturated carbocycles. The molecule has 0 unspecified atom stereocenters. The topological polar surface area (TPSA) is 51.7 Å². The third kappa shape index (κ3) is 2.87. The summed E-state index contributed by atoms with van der Waals surface area (Å²) in [5.41, 5.74) is 1.03. The summed E-state index contributed by atoms with van der Waals surface area (Å²) in [6.45, 7) is 4.25. The lowest BCUT2D eigenvalue weighted by Crippen LogP contribution is -2.48. The van der Waals surface area contributed by atoms with Gasteiger partial charge in [0.25, 0.3) is 5.91 Å². The van der Waals surface area contributed by atoms with Crippen molar-refractivity contribution in [1.29, 1.82) is 0 Å². The molecule has 2 atom stereocenters. The number of piperidine rings is 1. The van der Waals surface area contributed by atoms with Crippen molar-refractivity contribution < 1.29 is 14.3 Å². The molecule has 1 aromatic heterocycles. The van der Waals surface area contributed by atoms with Gasteiger partial charge < -0.3 is 14.4 Å². The summed E-state index contributed by atoms with van der Waals surface area (Å²) in [4.78, 5) is 19.2. The van der Waals surface area contributed by atoms with Crippen LogP contribution in [0.25, 0.3) is 0 Å². The number of carbonyl (C=O) groups excluding carboxylic acids is 1. The van der Waals surface area contributed by atoms with Crippen LogP contribution in [0.2, 0.25) is 0 Å². The van der Waals surface area contributed by atoms with E-state index in [0.717, 1.165) is 36.5 Å². The van der Waals surface area contributed by atoms with Gasteiger partial charge in [-0.1, -0.05) is 0 Å². The lowest BCUT2D eigenvalue weighted by Gasteiger charge is -2.37. The number of hydrogen-bond acceptors (Lipinski definition) is 5. The molecule has 2 fully saturated rings. The number of ether oxygens (including phenoxy) is 2. The van der Waals surface area contributed by atoms with Crippen LogP contribution >= 0.6 is 11.3 Å². The Bertz CT molecular complexity index is 471. The third-order valence-corrected chi connectivity index (χ3v) is 4.86. The van der Waals surface area contributed by atoms with Crippen molar-refractivity contribution in [2.75, 3.05) is 26.4 Å². The maximum atomic E-state index is 12.6. The van der Waals surface area contributed by atoms with Gasteiger partial charge >= 0.3 is 0 Å². The van der Waals surface area contributed by atoms with Gasteiger partial charge in [-0.25, -0.2) is 4.98 Å². The average Bonchev–Trinajstić information content (AvgIpc) is 2.94. The minimum absolute atomic E-state index is 0.0576. The van der Waals surface area contributed by atoms with E-state index in [-0.39, 0.29) is 11.9 Å². The summed E-state index contributed by atoms with van der Waals surface area (Å²) in [6, 6.07) is 0.112. The lowest BCUT2D eigenvalue weighted by molar-refractivity contribution is -0.161. The Morgan fingerprint density at radius 2 is 2.35 bits per heavy atom. The van der Waals surface area contributed by atoms with Gasteiger partial charge in [-0.3, -0.25) is 4.79 Å². The van der Waals surface area contributed by atoms with Gasteiger partial charge in [-0.05, 0) is 26.2 Å². The molecule has 3 rings (SSSR count). The summed E-state index contributed by atoms with van der Waals surface area (Å²) in [5.74, 6) is 0.0576. The molecular formula is C14H20N2O3S. The summed E-state index contributed by atoms with van der Waals surface area (Å²) in [6.07, 6.45) is 2.76. The maximum Gasteiger partial charge on any atom is 0.254 e. The highest BCUT2D eigenvalue weighted by Crippen LogP contribution is 2.33. The second-order valence-corrected chi connectivity index (χ2v) is 6.19. The number of rotatable bonds is 2. The monoisotopic (exact) mass is 296 g/mol.